The van der Waals surface area contributed by atoms with E-state index < -0.39 is 0 Å². The number of ether oxygens (including phenoxy) is 1. The molecule has 0 amide bonds. The van der Waals surface area contributed by atoms with E-state index in [9.17, 15) is 4.79 Å². The summed E-state index contributed by atoms with van der Waals surface area (Å²) in [5, 5.41) is 9.38. The molecule has 1 N–H and O–H groups in total. The van der Waals surface area contributed by atoms with E-state index in [2.05, 4.69) is 0 Å². The molecule has 0 radical (unpaired) electrons. The molecule has 0 atom stereocenters. The van der Waals surface area contributed by atoms with Gasteiger partial charge in [-0.1, -0.05) is 41.9 Å². The topological polar surface area (TPSA) is 60.0 Å². The molecule has 30 heavy (non-hydrogen) atoms. The van der Waals surface area contributed by atoms with Gasteiger partial charge in [-0.2, -0.15) is 0 Å². The van der Waals surface area contributed by atoms with Crippen LogP contribution in [0, 0.1) is 5.41 Å². The lowest BCUT2D eigenvalue weighted by molar-refractivity contribution is 0.0971. The van der Waals surface area contributed by atoms with Crippen LogP contribution in [0.3, 0.4) is 0 Å². The summed E-state index contributed by atoms with van der Waals surface area (Å²) < 4.78 is 8.76. The third kappa shape index (κ3) is 4.20. The molecule has 3 aromatic carbocycles. The van der Waals surface area contributed by atoms with Gasteiger partial charge in [0, 0.05) is 10.6 Å². The number of para-hydroxylation sites is 2. The van der Waals surface area contributed by atoms with Crippen molar-refractivity contribution in [2.24, 2.45) is 0 Å². The van der Waals surface area contributed by atoms with Gasteiger partial charge in [-0.25, -0.2) is 0 Å². The Morgan fingerprint density at radius 3 is 2.17 bits per heavy atom. The van der Waals surface area contributed by atoms with E-state index in [1.165, 1.54) is 0 Å². The van der Waals surface area contributed by atoms with Crippen molar-refractivity contribution in [1.82, 2.24) is 9.13 Å². The van der Waals surface area contributed by atoms with Crippen LogP contribution in [0.1, 0.15) is 15.9 Å². The Morgan fingerprint density at radius 2 is 1.53 bits per heavy atom. The standard InChI is InChI=1S/C23H20ClN3O2.BrH/c1-29-18-12-10-16(11-13-18)22(28)15-27-21-9-5-4-8-20(21)26(23(27)25)14-17-6-2-3-7-19(17)24;/h2-13,25H,14-15H2,1H3;1H. The molecule has 1 heterocycles. The molecule has 0 spiro atoms. The minimum Gasteiger partial charge on any atom is -0.497 e. The molecule has 0 unspecified atom stereocenters. The molecule has 7 heteroatoms. The van der Waals surface area contributed by atoms with Crippen molar-refractivity contribution in [2.45, 2.75) is 13.1 Å². The van der Waals surface area contributed by atoms with Crippen molar-refractivity contribution in [3.05, 3.63) is 94.6 Å². The van der Waals surface area contributed by atoms with E-state index in [0.717, 1.165) is 16.6 Å². The Balaban J connectivity index is 0.00000256. The van der Waals surface area contributed by atoms with Gasteiger partial charge in [0.05, 0.1) is 31.2 Å². The van der Waals surface area contributed by atoms with Crippen LogP contribution in [-0.2, 0) is 13.1 Å². The highest BCUT2D eigenvalue weighted by molar-refractivity contribution is 8.93. The van der Waals surface area contributed by atoms with Gasteiger partial charge in [0.25, 0.3) is 0 Å². The summed E-state index contributed by atoms with van der Waals surface area (Å²) in [6.45, 7) is 0.546. The number of aromatic nitrogens is 2. The molecule has 0 saturated heterocycles. The van der Waals surface area contributed by atoms with Gasteiger partial charge < -0.3 is 13.9 Å². The van der Waals surface area contributed by atoms with Crippen molar-refractivity contribution >= 4 is 45.4 Å². The average Bonchev–Trinajstić information content (AvgIpc) is 3.01. The van der Waals surface area contributed by atoms with Crippen LogP contribution in [0.25, 0.3) is 11.0 Å². The quantitative estimate of drug-likeness (QED) is 0.386. The second-order valence-corrected chi connectivity index (χ2v) is 7.13. The summed E-state index contributed by atoms with van der Waals surface area (Å²) in [5.41, 5.74) is 3.50. The van der Waals surface area contributed by atoms with Crippen molar-refractivity contribution in [1.29, 1.82) is 5.41 Å². The molecule has 4 rings (SSSR count). The number of benzene rings is 3. The molecule has 154 valence electrons. The molecule has 0 fully saturated rings. The van der Waals surface area contributed by atoms with Crippen molar-refractivity contribution in [3.8, 4) is 5.75 Å². The minimum absolute atomic E-state index is 0. The second-order valence-electron chi connectivity index (χ2n) is 6.73. The molecule has 0 aliphatic heterocycles. The van der Waals surface area contributed by atoms with Crippen LogP contribution in [0.4, 0.5) is 0 Å². The smallest absolute Gasteiger partial charge is 0.203 e. The Bertz CT molecular complexity index is 1250. The highest BCUT2D eigenvalue weighted by Gasteiger charge is 2.15. The monoisotopic (exact) mass is 485 g/mol. The molecule has 0 aliphatic rings. The van der Waals surface area contributed by atoms with Crippen LogP contribution in [0.2, 0.25) is 5.02 Å². The van der Waals surface area contributed by atoms with Gasteiger partial charge in [0.1, 0.15) is 5.75 Å². The summed E-state index contributed by atoms with van der Waals surface area (Å²) in [5.74, 6) is 0.638. The number of nitrogens with one attached hydrogen (secondary N) is 1. The van der Waals surface area contributed by atoms with E-state index in [4.69, 9.17) is 21.7 Å². The molecular formula is C23H21BrClN3O2. The number of nitrogens with zero attached hydrogens (tertiary/aromatic N) is 2. The van der Waals surface area contributed by atoms with Crippen molar-refractivity contribution in [2.75, 3.05) is 7.11 Å². The average molecular weight is 487 g/mol. The number of halogens is 2. The lowest BCUT2D eigenvalue weighted by Crippen LogP contribution is -2.27. The summed E-state index contributed by atoms with van der Waals surface area (Å²) in [6.07, 6.45) is 0. The molecular weight excluding hydrogens is 466 g/mol. The largest absolute Gasteiger partial charge is 0.497 e. The normalized spacial score (nSPS) is 10.6. The first-order valence-corrected chi connectivity index (χ1v) is 9.59. The lowest BCUT2D eigenvalue weighted by Gasteiger charge is -2.07. The molecule has 4 aromatic rings. The van der Waals surface area contributed by atoms with Gasteiger partial charge in [0.15, 0.2) is 5.78 Å². The molecule has 0 bridgehead atoms. The van der Waals surface area contributed by atoms with Crippen LogP contribution in [-0.4, -0.2) is 22.0 Å². The zero-order valence-corrected chi connectivity index (χ0v) is 18.8. The molecule has 0 saturated carbocycles. The van der Waals surface area contributed by atoms with E-state index in [0.29, 0.717) is 22.9 Å². The van der Waals surface area contributed by atoms with Crippen LogP contribution in [0.15, 0.2) is 72.8 Å². The van der Waals surface area contributed by atoms with Gasteiger partial charge in [0.2, 0.25) is 5.62 Å². The zero-order chi connectivity index (χ0) is 20.4. The maximum absolute atomic E-state index is 12.9. The fourth-order valence-electron chi connectivity index (χ4n) is 3.42. The number of methoxy groups -OCH3 is 1. The Kier molecular flexibility index (Phi) is 6.80. The number of hydrogen-bond acceptors (Lipinski definition) is 3. The SMILES string of the molecule is Br.COc1ccc(C(=O)Cn2c(=N)n(Cc3ccccc3Cl)c3ccccc32)cc1. The van der Waals surface area contributed by atoms with Crippen LogP contribution >= 0.6 is 28.6 Å². The third-order valence-electron chi connectivity index (χ3n) is 4.97. The number of carbonyl (C=O) groups excluding carboxylic acids is 1. The second kappa shape index (κ2) is 9.32. The highest BCUT2D eigenvalue weighted by atomic mass is 79.9. The maximum Gasteiger partial charge on any atom is 0.203 e. The van der Waals surface area contributed by atoms with Gasteiger partial charge in [-0.15, -0.1) is 17.0 Å². The third-order valence-corrected chi connectivity index (χ3v) is 5.34. The van der Waals surface area contributed by atoms with E-state index >= 15 is 0 Å². The minimum atomic E-state index is -0.0631. The van der Waals surface area contributed by atoms with E-state index in [-0.39, 0.29) is 34.9 Å². The summed E-state index contributed by atoms with van der Waals surface area (Å²) in [7, 11) is 1.59. The van der Waals surface area contributed by atoms with Gasteiger partial charge in [-0.3, -0.25) is 10.2 Å². The molecule has 0 aliphatic carbocycles. The number of fused-ring (bicyclic) bond motifs is 1. The van der Waals surface area contributed by atoms with E-state index in [1.54, 1.807) is 35.9 Å². The van der Waals surface area contributed by atoms with E-state index in [1.807, 2.05) is 53.1 Å². The fourth-order valence-corrected chi connectivity index (χ4v) is 3.62. The predicted molar refractivity (Wildman–Crippen MR) is 124 cm³/mol. The van der Waals surface area contributed by atoms with Crippen LogP contribution < -0.4 is 10.4 Å². The fraction of sp³-hybridized carbons (Fsp3) is 0.130. The highest BCUT2D eigenvalue weighted by Crippen LogP contribution is 2.20. The van der Waals surface area contributed by atoms with Gasteiger partial charge in [-0.05, 0) is 48.0 Å². The number of imidazole rings is 1. The first-order chi connectivity index (χ1) is 14.1. The van der Waals surface area contributed by atoms with Crippen LogP contribution in [0.5, 0.6) is 5.75 Å². The number of hydrogen-bond donors (Lipinski definition) is 1. The predicted octanol–water partition coefficient (Wildman–Crippen LogP) is 5.09. The Labute approximate surface area is 189 Å². The summed E-state index contributed by atoms with van der Waals surface area (Å²) >= 11 is 6.33. The summed E-state index contributed by atoms with van der Waals surface area (Å²) in [6, 6.07) is 22.3. The molecule has 5 nitrogen and oxygen atoms in total. The Hall–Kier alpha value is -2.83. The number of ketones is 1. The summed E-state index contributed by atoms with van der Waals surface area (Å²) in [4.78, 5) is 12.9. The van der Waals surface area contributed by atoms with Crippen molar-refractivity contribution in [3.63, 3.8) is 0 Å². The van der Waals surface area contributed by atoms with Gasteiger partial charge >= 0.3 is 0 Å². The number of Topliss-reactive ketones (excluding diaryl/α,β-unsaturated/α-hetero) is 1. The number of rotatable bonds is 6. The Morgan fingerprint density at radius 1 is 0.933 bits per heavy atom. The first kappa shape index (κ1) is 21.9. The maximum atomic E-state index is 12.9. The zero-order valence-electron chi connectivity index (χ0n) is 16.3. The lowest BCUT2D eigenvalue weighted by atomic mass is 10.1. The van der Waals surface area contributed by atoms with Crippen molar-refractivity contribution < 1.29 is 9.53 Å². The number of carbonyl (C=O) groups is 1. The molecule has 1 aromatic heterocycles. The first-order valence-electron chi connectivity index (χ1n) is 9.22.